The zero-order chi connectivity index (χ0) is 17.9. The van der Waals surface area contributed by atoms with Gasteiger partial charge in [0.05, 0.1) is 17.8 Å². The van der Waals surface area contributed by atoms with Gasteiger partial charge in [-0.3, -0.25) is 4.99 Å². The standard InChI is InChI=1S/C19H28N4OS.HI/c1-4-20-19(22-12-10-17-14-25-15(2)23-17)21-11-6-8-16-7-5-9-18(13-16)24-3;/h5,7,9,13-14H,4,6,8,10-12H2,1-3H3,(H2,20,21,22);1H. The van der Waals surface area contributed by atoms with E-state index in [4.69, 9.17) is 4.74 Å². The molecule has 5 nitrogen and oxygen atoms in total. The van der Waals surface area contributed by atoms with Crippen molar-refractivity contribution < 1.29 is 4.74 Å². The first-order chi connectivity index (χ1) is 12.2. The molecule has 1 aromatic heterocycles. The van der Waals surface area contributed by atoms with E-state index >= 15 is 0 Å². The number of nitrogens with zero attached hydrogens (tertiary/aromatic N) is 2. The van der Waals surface area contributed by atoms with Crippen molar-refractivity contribution in [2.45, 2.75) is 33.1 Å². The summed E-state index contributed by atoms with van der Waals surface area (Å²) in [5.74, 6) is 1.79. The second-order valence-corrected chi connectivity index (χ2v) is 6.81. The lowest BCUT2D eigenvalue weighted by atomic mass is 10.1. The lowest BCUT2D eigenvalue weighted by Gasteiger charge is -2.10. The molecule has 0 amide bonds. The summed E-state index contributed by atoms with van der Waals surface area (Å²) in [6, 6.07) is 8.22. The maximum atomic E-state index is 5.26. The number of rotatable bonds is 9. The summed E-state index contributed by atoms with van der Waals surface area (Å²) in [7, 11) is 1.70. The van der Waals surface area contributed by atoms with Crippen LogP contribution >= 0.6 is 35.3 Å². The van der Waals surface area contributed by atoms with E-state index < -0.39 is 0 Å². The van der Waals surface area contributed by atoms with Gasteiger partial charge >= 0.3 is 0 Å². The lowest BCUT2D eigenvalue weighted by Crippen LogP contribution is -2.38. The smallest absolute Gasteiger partial charge is 0.191 e. The summed E-state index contributed by atoms with van der Waals surface area (Å²) in [6.45, 7) is 6.61. The molecule has 0 unspecified atom stereocenters. The summed E-state index contributed by atoms with van der Waals surface area (Å²) in [5.41, 5.74) is 2.43. The summed E-state index contributed by atoms with van der Waals surface area (Å²) >= 11 is 1.70. The molecule has 2 N–H and O–H groups in total. The molecule has 0 aliphatic carbocycles. The van der Waals surface area contributed by atoms with Crippen LogP contribution in [0.25, 0.3) is 0 Å². The van der Waals surface area contributed by atoms with Crippen molar-refractivity contribution in [3.05, 3.63) is 45.9 Å². The van der Waals surface area contributed by atoms with Crippen molar-refractivity contribution in [1.82, 2.24) is 15.6 Å². The SMILES string of the molecule is CCNC(=NCCCc1cccc(OC)c1)NCCc1csc(C)n1.I. The molecule has 0 fully saturated rings. The maximum Gasteiger partial charge on any atom is 0.191 e. The molecule has 0 atom stereocenters. The molecule has 0 aliphatic heterocycles. The van der Waals surface area contributed by atoms with Crippen molar-refractivity contribution >= 4 is 41.3 Å². The number of benzene rings is 1. The van der Waals surface area contributed by atoms with Crippen LogP contribution in [0, 0.1) is 6.92 Å². The van der Waals surface area contributed by atoms with Gasteiger partial charge in [0.1, 0.15) is 5.75 Å². The molecular formula is C19H29IN4OS. The van der Waals surface area contributed by atoms with E-state index in [1.54, 1.807) is 18.4 Å². The van der Waals surface area contributed by atoms with Gasteiger partial charge in [0.15, 0.2) is 5.96 Å². The Hall–Kier alpha value is -1.35. The van der Waals surface area contributed by atoms with Crippen LogP contribution in [0.4, 0.5) is 0 Å². The van der Waals surface area contributed by atoms with Gasteiger partial charge in [0, 0.05) is 31.4 Å². The second-order valence-electron chi connectivity index (χ2n) is 5.75. The summed E-state index contributed by atoms with van der Waals surface area (Å²) in [5, 5.41) is 9.91. The number of hydrogen-bond donors (Lipinski definition) is 2. The largest absolute Gasteiger partial charge is 0.497 e. The van der Waals surface area contributed by atoms with Gasteiger partial charge in [0.25, 0.3) is 0 Å². The van der Waals surface area contributed by atoms with Gasteiger partial charge in [-0.2, -0.15) is 0 Å². The predicted molar refractivity (Wildman–Crippen MR) is 121 cm³/mol. The Kier molecular flexibility index (Phi) is 11.3. The number of aromatic nitrogens is 1. The first kappa shape index (κ1) is 22.7. The van der Waals surface area contributed by atoms with Crippen LogP contribution in [-0.2, 0) is 12.8 Å². The number of guanidine groups is 1. The molecule has 144 valence electrons. The molecule has 1 heterocycles. The molecule has 0 aliphatic rings. The van der Waals surface area contributed by atoms with Gasteiger partial charge in [-0.25, -0.2) is 4.98 Å². The summed E-state index contributed by atoms with van der Waals surface area (Å²) in [6.07, 6.45) is 2.92. The minimum absolute atomic E-state index is 0. The molecule has 2 rings (SSSR count). The number of thiazole rings is 1. The van der Waals surface area contributed by atoms with Crippen LogP contribution in [-0.4, -0.2) is 37.7 Å². The Labute approximate surface area is 177 Å². The van der Waals surface area contributed by atoms with Gasteiger partial charge in [-0.15, -0.1) is 35.3 Å². The fraction of sp³-hybridized carbons (Fsp3) is 0.474. The fourth-order valence-corrected chi connectivity index (χ4v) is 3.12. The Morgan fingerprint density at radius 2 is 2.12 bits per heavy atom. The predicted octanol–water partition coefficient (Wildman–Crippen LogP) is 3.81. The Bertz CT molecular complexity index is 675. The first-order valence-electron chi connectivity index (χ1n) is 8.77. The lowest BCUT2D eigenvalue weighted by molar-refractivity contribution is 0.414. The highest BCUT2D eigenvalue weighted by atomic mass is 127. The average molecular weight is 488 g/mol. The number of aryl methyl sites for hydroxylation is 2. The molecular weight excluding hydrogens is 459 g/mol. The maximum absolute atomic E-state index is 5.26. The van der Waals surface area contributed by atoms with Gasteiger partial charge < -0.3 is 15.4 Å². The number of halogens is 1. The van der Waals surface area contributed by atoms with Crippen LogP contribution in [0.1, 0.15) is 29.6 Å². The number of nitrogens with one attached hydrogen (secondary N) is 2. The highest BCUT2D eigenvalue weighted by Crippen LogP contribution is 2.13. The van der Waals surface area contributed by atoms with Crippen LogP contribution in [0.3, 0.4) is 0 Å². The van der Waals surface area contributed by atoms with E-state index in [1.807, 2.05) is 19.1 Å². The van der Waals surface area contributed by atoms with Crippen LogP contribution in [0.15, 0.2) is 34.6 Å². The van der Waals surface area contributed by atoms with Gasteiger partial charge in [-0.05, 0) is 44.4 Å². The Balaban J connectivity index is 0.00000338. The molecule has 0 bridgehead atoms. The van der Waals surface area contributed by atoms with Gasteiger partial charge in [0.2, 0.25) is 0 Å². The summed E-state index contributed by atoms with van der Waals surface area (Å²) in [4.78, 5) is 9.14. The number of methoxy groups -OCH3 is 1. The molecule has 0 saturated heterocycles. The first-order valence-corrected chi connectivity index (χ1v) is 9.65. The number of hydrogen-bond acceptors (Lipinski definition) is 4. The third kappa shape index (κ3) is 8.35. The van der Waals surface area contributed by atoms with Crippen molar-refractivity contribution in [3.63, 3.8) is 0 Å². The monoisotopic (exact) mass is 488 g/mol. The molecule has 0 spiro atoms. The quantitative estimate of drug-likeness (QED) is 0.244. The van der Waals surface area contributed by atoms with Crippen molar-refractivity contribution in [3.8, 4) is 5.75 Å². The van der Waals surface area contributed by atoms with Gasteiger partial charge in [-0.1, -0.05) is 12.1 Å². The molecule has 26 heavy (non-hydrogen) atoms. The van der Waals surface area contributed by atoms with Crippen LogP contribution < -0.4 is 15.4 Å². The van der Waals surface area contributed by atoms with E-state index in [0.29, 0.717) is 0 Å². The third-order valence-corrected chi connectivity index (χ3v) is 4.53. The van der Waals surface area contributed by atoms with Crippen LogP contribution in [0.2, 0.25) is 0 Å². The molecule has 0 saturated carbocycles. The molecule has 0 radical (unpaired) electrons. The zero-order valence-electron chi connectivity index (χ0n) is 15.7. The molecule has 1 aromatic carbocycles. The highest BCUT2D eigenvalue weighted by Gasteiger charge is 2.01. The van der Waals surface area contributed by atoms with E-state index in [0.717, 1.165) is 61.3 Å². The van der Waals surface area contributed by atoms with Crippen molar-refractivity contribution in [2.75, 3.05) is 26.7 Å². The number of aliphatic imine (C=N–C) groups is 1. The van der Waals surface area contributed by atoms with E-state index in [1.165, 1.54) is 5.56 Å². The van der Waals surface area contributed by atoms with Crippen molar-refractivity contribution in [1.29, 1.82) is 0 Å². The number of ether oxygens (including phenoxy) is 1. The van der Waals surface area contributed by atoms with Crippen LogP contribution in [0.5, 0.6) is 5.75 Å². The third-order valence-electron chi connectivity index (χ3n) is 3.71. The average Bonchev–Trinajstić information content (AvgIpc) is 3.04. The minimum Gasteiger partial charge on any atom is -0.497 e. The second kappa shape index (κ2) is 12.9. The Morgan fingerprint density at radius 1 is 1.27 bits per heavy atom. The molecule has 7 heteroatoms. The Morgan fingerprint density at radius 3 is 2.81 bits per heavy atom. The highest BCUT2D eigenvalue weighted by molar-refractivity contribution is 14.0. The summed E-state index contributed by atoms with van der Waals surface area (Å²) < 4.78 is 5.26. The van der Waals surface area contributed by atoms with E-state index in [-0.39, 0.29) is 24.0 Å². The minimum atomic E-state index is 0. The zero-order valence-corrected chi connectivity index (χ0v) is 18.9. The van der Waals surface area contributed by atoms with Crippen molar-refractivity contribution in [2.24, 2.45) is 4.99 Å². The van der Waals surface area contributed by atoms with E-state index in [9.17, 15) is 0 Å². The fourth-order valence-electron chi connectivity index (χ4n) is 2.48. The normalized spacial score (nSPS) is 11.0. The molecule has 2 aromatic rings. The van der Waals surface area contributed by atoms with E-state index in [2.05, 4.69) is 45.0 Å². The topological polar surface area (TPSA) is 58.5 Å².